The molecule has 13 heavy (non-hydrogen) atoms. The lowest BCUT2D eigenvalue weighted by atomic mass is 10.3. The van der Waals surface area contributed by atoms with Gasteiger partial charge in [-0.2, -0.15) is 0 Å². The van der Waals surface area contributed by atoms with E-state index in [0.717, 1.165) is 6.20 Å². The largest absolute Gasteiger partial charge is 0.512 e. The maximum atomic E-state index is 10.7. The van der Waals surface area contributed by atoms with Gasteiger partial charge in [-0.15, -0.1) is 8.42 Å². The molecule has 0 spiro atoms. The lowest BCUT2D eigenvalue weighted by Gasteiger charge is -1.94. The van der Waals surface area contributed by atoms with E-state index in [9.17, 15) is 13.2 Å². The van der Waals surface area contributed by atoms with E-state index in [1.165, 1.54) is 18.2 Å². The summed E-state index contributed by atoms with van der Waals surface area (Å²) >= 11 is 0. The summed E-state index contributed by atoms with van der Waals surface area (Å²) in [5, 5.41) is 0. The molecule has 0 saturated heterocycles. The van der Waals surface area contributed by atoms with Gasteiger partial charge in [-0.1, -0.05) is 3.97 Å². The Bertz CT molecular complexity index is 440. The molecule has 7 heteroatoms. The Morgan fingerprint density at radius 3 is 2.46 bits per heavy atom. The summed E-state index contributed by atoms with van der Waals surface area (Å²) in [5.41, 5.74) is 4.58. The number of rotatable bonds is 2. The topological polar surface area (TPSA) is 101 Å². The number of nitrogens with zero attached hydrogens (tertiary/aromatic N) is 1. The van der Waals surface area contributed by atoms with Crippen LogP contribution in [0.5, 0.6) is 0 Å². The molecule has 0 radical (unpaired) electrons. The van der Waals surface area contributed by atoms with Gasteiger partial charge in [0.15, 0.2) is 6.20 Å². The molecular weight excluding hydrogens is 196 g/mol. The fourth-order valence-electron chi connectivity index (χ4n) is 0.820. The Morgan fingerprint density at radius 1 is 1.46 bits per heavy atom. The molecule has 0 aliphatic carbocycles. The number of primary amides is 1. The number of nitrogens with two attached hydrogens (primary N) is 1. The van der Waals surface area contributed by atoms with Gasteiger partial charge in [-0.05, 0) is 6.07 Å². The minimum atomic E-state index is -4.46. The van der Waals surface area contributed by atoms with E-state index in [-0.39, 0.29) is 5.69 Å². The zero-order valence-corrected chi connectivity index (χ0v) is 7.23. The van der Waals surface area contributed by atoms with Crippen LogP contribution in [-0.2, 0) is 10.3 Å². The zero-order chi connectivity index (χ0) is 10.1. The van der Waals surface area contributed by atoms with E-state index >= 15 is 0 Å². The van der Waals surface area contributed by atoms with Gasteiger partial charge in [0, 0.05) is 12.1 Å². The number of pyridine rings is 1. The van der Waals surface area contributed by atoms with Crippen molar-refractivity contribution in [3.63, 3.8) is 0 Å². The molecule has 0 saturated carbocycles. The van der Waals surface area contributed by atoms with E-state index in [2.05, 4.69) is 0 Å². The average molecular weight is 203 g/mol. The van der Waals surface area contributed by atoms with E-state index < -0.39 is 16.2 Å². The predicted molar refractivity (Wildman–Crippen MR) is 42.1 cm³/mol. The van der Waals surface area contributed by atoms with Crippen LogP contribution >= 0.6 is 0 Å². The Labute approximate surface area is 74.5 Å². The lowest BCUT2D eigenvalue weighted by molar-refractivity contribution is -0.521. The molecule has 0 fully saturated rings. The summed E-state index contributed by atoms with van der Waals surface area (Å²) in [6.07, 6.45) is 1.02. The molecule has 1 amide bonds. The Hall–Kier alpha value is -1.47. The maximum absolute atomic E-state index is 10.7. The van der Waals surface area contributed by atoms with Crippen LogP contribution in [0.1, 0.15) is 10.5 Å². The third-order valence-electron chi connectivity index (χ3n) is 1.33. The summed E-state index contributed by atoms with van der Waals surface area (Å²) in [7, 11) is -4.46. The van der Waals surface area contributed by atoms with Gasteiger partial charge in [-0.3, -0.25) is 4.79 Å². The average Bonchev–Trinajstić information content (AvgIpc) is 2.03. The molecule has 1 rings (SSSR count). The molecule has 1 aromatic heterocycles. The van der Waals surface area contributed by atoms with Crippen LogP contribution in [0.4, 0.5) is 0 Å². The van der Waals surface area contributed by atoms with Gasteiger partial charge in [0.2, 0.25) is 0 Å². The molecule has 0 aliphatic heterocycles. The first-order chi connectivity index (χ1) is 5.93. The first-order valence-electron chi connectivity index (χ1n) is 3.21. The van der Waals surface area contributed by atoms with Crippen LogP contribution in [0.25, 0.3) is 0 Å². The number of carbonyl (C=O) groups is 1. The van der Waals surface area contributed by atoms with Crippen LogP contribution < -0.4 is 9.71 Å². The number of carbonyl (C=O) groups excluding carboxylic acids is 1. The fraction of sp³-hybridized carbons (Fsp3) is 0. The fourth-order valence-corrected chi connectivity index (χ4v) is 1.44. The Morgan fingerprint density at radius 2 is 2.08 bits per heavy atom. The van der Waals surface area contributed by atoms with Crippen molar-refractivity contribution in [2.24, 2.45) is 5.73 Å². The van der Waals surface area contributed by atoms with Crippen molar-refractivity contribution in [3.05, 3.63) is 30.1 Å². The number of aromatic nitrogens is 1. The van der Waals surface area contributed by atoms with E-state index in [1.54, 1.807) is 0 Å². The molecule has 3 N–H and O–H groups in total. The van der Waals surface area contributed by atoms with E-state index in [1.807, 2.05) is 0 Å². The monoisotopic (exact) mass is 203 g/mol. The highest BCUT2D eigenvalue weighted by Crippen LogP contribution is 1.91. The molecule has 0 unspecified atom stereocenters. The van der Waals surface area contributed by atoms with Crippen LogP contribution in [0.15, 0.2) is 24.4 Å². The molecule has 6 nitrogen and oxygen atoms in total. The van der Waals surface area contributed by atoms with Crippen molar-refractivity contribution < 1.29 is 21.7 Å². The van der Waals surface area contributed by atoms with E-state index in [0.29, 0.717) is 3.97 Å². The first kappa shape index (κ1) is 9.62. The predicted octanol–water partition coefficient (Wildman–Crippen LogP) is -1.28. The van der Waals surface area contributed by atoms with Crippen molar-refractivity contribution in [2.75, 3.05) is 0 Å². The molecule has 0 aliphatic rings. The normalized spacial score (nSPS) is 11.2. The van der Waals surface area contributed by atoms with Crippen LogP contribution in [-0.4, -0.2) is 18.9 Å². The number of amides is 1. The summed E-state index contributed by atoms with van der Waals surface area (Å²) in [5.74, 6) is -0.932. The van der Waals surface area contributed by atoms with E-state index in [4.69, 9.17) is 10.3 Å². The Balaban J connectivity index is 3.46. The second kappa shape index (κ2) is 3.11. The van der Waals surface area contributed by atoms with Gasteiger partial charge in [0.05, 0.1) is 0 Å². The third-order valence-corrected chi connectivity index (χ3v) is 2.14. The van der Waals surface area contributed by atoms with Crippen molar-refractivity contribution in [3.8, 4) is 0 Å². The van der Waals surface area contributed by atoms with Gasteiger partial charge in [0.25, 0.3) is 5.69 Å². The molecule has 70 valence electrons. The van der Waals surface area contributed by atoms with Gasteiger partial charge in [-0.25, -0.2) is 4.55 Å². The highest BCUT2D eigenvalue weighted by molar-refractivity contribution is 7.79. The minimum absolute atomic E-state index is 0.301. The standard InChI is InChI=1S/C6H6N2O4S/c7-6(9)5-3-1-2-4-8(5)13(10,11)12/h1-4H,(H2-,7,9,10,11,12)/p+1. The van der Waals surface area contributed by atoms with Crippen LogP contribution in [0.2, 0.25) is 0 Å². The summed E-state index contributed by atoms with van der Waals surface area (Å²) in [4.78, 5) is 10.7. The third kappa shape index (κ3) is 2.01. The van der Waals surface area contributed by atoms with Gasteiger partial charge >= 0.3 is 16.2 Å². The van der Waals surface area contributed by atoms with Gasteiger partial charge < -0.3 is 5.73 Å². The second-order valence-corrected chi connectivity index (χ2v) is 3.51. The summed E-state index contributed by atoms with van der Waals surface area (Å²) in [6.45, 7) is 0. The van der Waals surface area contributed by atoms with Crippen molar-refractivity contribution in [1.29, 1.82) is 0 Å². The molecule has 1 aromatic rings. The highest BCUT2D eigenvalue weighted by atomic mass is 32.2. The maximum Gasteiger partial charge on any atom is 0.512 e. The van der Waals surface area contributed by atoms with Gasteiger partial charge in [0.1, 0.15) is 0 Å². The lowest BCUT2D eigenvalue weighted by Crippen LogP contribution is -2.48. The number of hydrogen-bond donors (Lipinski definition) is 2. The molecule has 0 aromatic carbocycles. The highest BCUT2D eigenvalue weighted by Gasteiger charge is 2.25. The Kier molecular flexibility index (Phi) is 2.30. The zero-order valence-electron chi connectivity index (χ0n) is 6.41. The smallest absolute Gasteiger partial charge is 0.360 e. The minimum Gasteiger partial charge on any atom is -0.360 e. The first-order valence-corrected chi connectivity index (χ1v) is 4.61. The quantitative estimate of drug-likeness (QED) is 0.462. The molecule has 0 bridgehead atoms. The van der Waals surface area contributed by atoms with Crippen molar-refractivity contribution >= 4 is 16.2 Å². The van der Waals surface area contributed by atoms with Crippen LogP contribution in [0, 0.1) is 0 Å². The molecule has 1 heterocycles. The number of hydrogen-bond acceptors (Lipinski definition) is 3. The molecule has 0 atom stereocenters. The second-order valence-electron chi connectivity index (χ2n) is 2.22. The molecular formula is C6H7N2O4S+. The summed E-state index contributed by atoms with van der Waals surface area (Å²) < 4.78 is 30.4. The summed E-state index contributed by atoms with van der Waals surface area (Å²) in [6, 6.07) is 3.97. The van der Waals surface area contributed by atoms with Crippen molar-refractivity contribution in [1.82, 2.24) is 0 Å². The van der Waals surface area contributed by atoms with Crippen molar-refractivity contribution in [2.45, 2.75) is 0 Å². The van der Waals surface area contributed by atoms with Crippen LogP contribution in [0.3, 0.4) is 0 Å². The SMILES string of the molecule is NC(=O)c1cccc[n+]1S(=O)(=O)O.